The first kappa shape index (κ1) is 22.4. The molecular weight excluding hydrogens is 449 g/mol. The van der Waals surface area contributed by atoms with Crippen molar-refractivity contribution in [2.45, 2.75) is 0 Å². The van der Waals surface area contributed by atoms with Crippen LogP contribution in [0.4, 0.5) is 21.7 Å². The number of nitrogens with one attached hydrogen (secondary N) is 2. The molecule has 0 fully saturated rings. The maximum absolute atomic E-state index is 14.1. The first-order valence-electron chi connectivity index (χ1n) is 9.90. The summed E-state index contributed by atoms with van der Waals surface area (Å²) < 4.78 is 21.0. The average molecular weight is 470 g/mol. The standard InChI is InChI=1S/C22H21ClFN7O2/c1-30(2)12-19(32)27-13-6-7-18(33-3)16(9-13)28-22-26-10-14(23)20(29-22)17-11-25-21-15(24)5-4-8-31(17)21/h4-11H,12H2,1-3H3,(H,27,32)(H,26,28,29). The highest BCUT2D eigenvalue weighted by Gasteiger charge is 2.16. The van der Waals surface area contributed by atoms with Crippen molar-refractivity contribution >= 4 is 40.5 Å². The van der Waals surface area contributed by atoms with Crippen LogP contribution in [0.3, 0.4) is 0 Å². The minimum absolute atomic E-state index is 0.152. The van der Waals surface area contributed by atoms with Gasteiger partial charge in [-0.1, -0.05) is 11.6 Å². The van der Waals surface area contributed by atoms with Gasteiger partial charge in [0.2, 0.25) is 11.9 Å². The number of ether oxygens (including phenoxy) is 1. The van der Waals surface area contributed by atoms with Gasteiger partial charge < -0.3 is 20.3 Å². The molecule has 0 saturated carbocycles. The molecule has 3 heterocycles. The smallest absolute Gasteiger partial charge is 0.238 e. The van der Waals surface area contributed by atoms with E-state index in [0.29, 0.717) is 28.5 Å². The van der Waals surface area contributed by atoms with Crippen LogP contribution in [-0.4, -0.2) is 57.9 Å². The summed E-state index contributed by atoms with van der Waals surface area (Å²) in [6, 6.07) is 8.07. The summed E-state index contributed by atoms with van der Waals surface area (Å²) in [4.78, 5) is 26.8. The Balaban J connectivity index is 1.66. The number of aromatic nitrogens is 4. The molecule has 4 rings (SSSR count). The second kappa shape index (κ2) is 9.39. The van der Waals surface area contributed by atoms with E-state index in [9.17, 15) is 9.18 Å². The van der Waals surface area contributed by atoms with Crippen LogP contribution in [0, 0.1) is 5.82 Å². The lowest BCUT2D eigenvalue weighted by atomic mass is 10.2. The molecule has 11 heteroatoms. The van der Waals surface area contributed by atoms with Gasteiger partial charge in [0.05, 0.1) is 42.5 Å². The number of halogens is 2. The molecule has 0 radical (unpaired) electrons. The monoisotopic (exact) mass is 469 g/mol. The van der Waals surface area contributed by atoms with Crippen LogP contribution < -0.4 is 15.4 Å². The second-order valence-electron chi connectivity index (χ2n) is 7.41. The molecule has 0 saturated heterocycles. The minimum atomic E-state index is -0.454. The van der Waals surface area contributed by atoms with E-state index in [-0.39, 0.29) is 29.1 Å². The Morgan fingerprint density at radius 1 is 1.24 bits per heavy atom. The first-order valence-corrected chi connectivity index (χ1v) is 10.3. The summed E-state index contributed by atoms with van der Waals surface area (Å²) >= 11 is 6.35. The molecule has 1 aromatic carbocycles. The van der Waals surface area contributed by atoms with Crippen molar-refractivity contribution in [2.75, 3.05) is 38.4 Å². The Labute approximate surface area is 194 Å². The Morgan fingerprint density at radius 2 is 2.06 bits per heavy atom. The molecular formula is C22H21ClFN7O2. The van der Waals surface area contributed by atoms with Crippen LogP contribution in [0.2, 0.25) is 5.02 Å². The van der Waals surface area contributed by atoms with Crippen molar-refractivity contribution in [1.82, 2.24) is 24.3 Å². The molecule has 33 heavy (non-hydrogen) atoms. The van der Waals surface area contributed by atoms with Crippen LogP contribution in [-0.2, 0) is 4.79 Å². The van der Waals surface area contributed by atoms with Crippen LogP contribution in [0.1, 0.15) is 0 Å². The molecule has 0 aliphatic carbocycles. The Bertz CT molecular complexity index is 1330. The van der Waals surface area contributed by atoms with Gasteiger partial charge in [0, 0.05) is 11.9 Å². The number of anilines is 3. The topological polar surface area (TPSA) is 96.7 Å². The number of carbonyl (C=O) groups excluding carboxylic acids is 1. The van der Waals surface area contributed by atoms with Gasteiger partial charge in [0.1, 0.15) is 11.4 Å². The maximum Gasteiger partial charge on any atom is 0.238 e. The zero-order valence-corrected chi connectivity index (χ0v) is 18.9. The molecule has 0 unspecified atom stereocenters. The van der Waals surface area contributed by atoms with Gasteiger partial charge in [0.25, 0.3) is 0 Å². The zero-order chi connectivity index (χ0) is 23.5. The van der Waals surface area contributed by atoms with E-state index in [4.69, 9.17) is 16.3 Å². The number of nitrogens with zero attached hydrogens (tertiary/aromatic N) is 5. The van der Waals surface area contributed by atoms with E-state index in [1.807, 2.05) is 14.1 Å². The minimum Gasteiger partial charge on any atom is -0.495 e. The van der Waals surface area contributed by atoms with Crippen molar-refractivity contribution in [3.63, 3.8) is 0 Å². The van der Waals surface area contributed by atoms with Crippen molar-refractivity contribution in [2.24, 2.45) is 0 Å². The summed E-state index contributed by atoms with van der Waals surface area (Å²) in [5.41, 5.74) is 2.17. The molecule has 0 aliphatic heterocycles. The molecule has 0 bridgehead atoms. The zero-order valence-electron chi connectivity index (χ0n) is 18.1. The van der Waals surface area contributed by atoms with Gasteiger partial charge in [0.15, 0.2) is 11.5 Å². The molecule has 4 aromatic rings. The first-order chi connectivity index (χ1) is 15.9. The molecule has 0 atom stereocenters. The largest absolute Gasteiger partial charge is 0.495 e. The fourth-order valence-electron chi connectivity index (χ4n) is 3.25. The maximum atomic E-state index is 14.1. The third-order valence-corrected chi connectivity index (χ3v) is 4.94. The number of carbonyl (C=O) groups is 1. The van der Waals surface area contributed by atoms with Gasteiger partial charge in [-0.05, 0) is 44.4 Å². The number of rotatable bonds is 7. The average Bonchev–Trinajstić information content (AvgIpc) is 3.20. The number of benzene rings is 1. The molecule has 0 aliphatic rings. The van der Waals surface area contributed by atoms with E-state index < -0.39 is 5.82 Å². The number of amides is 1. The van der Waals surface area contributed by atoms with Crippen molar-refractivity contribution in [3.8, 4) is 17.1 Å². The van der Waals surface area contributed by atoms with E-state index in [1.54, 1.807) is 39.8 Å². The lowest BCUT2D eigenvalue weighted by molar-refractivity contribution is -0.116. The number of hydrogen-bond acceptors (Lipinski definition) is 7. The van der Waals surface area contributed by atoms with E-state index >= 15 is 0 Å². The summed E-state index contributed by atoms with van der Waals surface area (Å²) in [6.45, 7) is 0.248. The molecule has 0 spiro atoms. The summed E-state index contributed by atoms with van der Waals surface area (Å²) in [5, 5.41) is 6.21. The molecule has 1 amide bonds. The second-order valence-corrected chi connectivity index (χ2v) is 7.82. The summed E-state index contributed by atoms with van der Waals surface area (Å²) in [6.07, 6.45) is 4.62. The highest BCUT2D eigenvalue weighted by atomic mass is 35.5. The Kier molecular flexibility index (Phi) is 6.38. The van der Waals surface area contributed by atoms with Gasteiger partial charge in [-0.25, -0.2) is 19.3 Å². The number of pyridine rings is 1. The lowest BCUT2D eigenvalue weighted by Crippen LogP contribution is -2.27. The third kappa shape index (κ3) is 4.86. The van der Waals surface area contributed by atoms with Crippen LogP contribution in [0.25, 0.3) is 17.0 Å². The normalized spacial score (nSPS) is 11.1. The van der Waals surface area contributed by atoms with Gasteiger partial charge >= 0.3 is 0 Å². The van der Waals surface area contributed by atoms with Crippen LogP contribution in [0.15, 0.2) is 48.9 Å². The Hall–Kier alpha value is -3.76. The van der Waals surface area contributed by atoms with Gasteiger partial charge in [-0.2, -0.15) is 0 Å². The van der Waals surface area contributed by atoms with E-state index in [1.165, 1.54) is 25.6 Å². The number of methoxy groups -OCH3 is 1. The van der Waals surface area contributed by atoms with Crippen molar-refractivity contribution in [1.29, 1.82) is 0 Å². The fourth-order valence-corrected chi connectivity index (χ4v) is 3.44. The number of hydrogen-bond donors (Lipinski definition) is 2. The molecule has 170 valence electrons. The van der Waals surface area contributed by atoms with Gasteiger partial charge in [-0.3, -0.25) is 9.20 Å². The lowest BCUT2D eigenvalue weighted by Gasteiger charge is -2.14. The summed E-state index contributed by atoms with van der Waals surface area (Å²) in [7, 11) is 5.16. The third-order valence-electron chi connectivity index (χ3n) is 4.66. The number of fused-ring (bicyclic) bond motifs is 1. The fraction of sp³-hybridized carbons (Fsp3) is 0.182. The molecule has 2 N–H and O–H groups in total. The van der Waals surface area contributed by atoms with Crippen molar-refractivity contribution < 1.29 is 13.9 Å². The quantitative estimate of drug-likeness (QED) is 0.424. The van der Waals surface area contributed by atoms with E-state index in [2.05, 4.69) is 25.6 Å². The van der Waals surface area contributed by atoms with Crippen LogP contribution in [0.5, 0.6) is 5.75 Å². The van der Waals surface area contributed by atoms with Gasteiger partial charge in [-0.15, -0.1) is 0 Å². The SMILES string of the molecule is COc1ccc(NC(=O)CN(C)C)cc1Nc1ncc(Cl)c(-c2cnc3c(F)cccn23)n1. The Morgan fingerprint density at radius 3 is 2.82 bits per heavy atom. The van der Waals surface area contributed by atoms with E-state index in [0.717, 1.165) is 0 Å². The highest BCUT2D eigenvalue weighted by molar-refractivity contribution is 6.32. The van der Waals surface area contributed by atoms with Crippen molar-refractivity contribution in [3.05, 3.63) is 59.8 Å². The summed E-state index contributed by atoms with van der Waals surface area (Å²) in [5.74, 6) is 0.152. The predicted molar refractivity (Wildman–Crippen MR) is 125 cm³/mol. The number of imidazole rings is 1. The molecule has 9 nitrogen and oxygen atoms in total. The highest BCUT2D eigenvalue weighted by Crippen LogP contribution is 2.32. The molecule has 3 aromatic heterocycles. The predicted octanol–water partition coefficient (Wildman–Crippen LogP) is 3.84. The number of likely N-dealkylation sites (N-methyl/N-ethyl adjacent to an activating group) is 1. The van der Waals surface area contributed by atoms with Crippen LogP contribution >= 0.6 is 11.6 Å².